The maximum absolute atomic E-state index is 12.4. The number of nitrogens with zero attached hydrogens (tertiary/aromatic N) is 1. The number of carbonyl (C=O) groups excluding carboxylic acids is 1. The van der Waals surface area contributed by atoms with E-state index in [0.29, 0.717) is 6.54 Å². The standard InChI is InChI=1S/C18H28N2O3/c1-14(20-9-5-8-18(2,12-20)13-21)17(22)19-11-15-6-4-7-16(10-15)23-3/h4,6-7,10,14,21H,5,8-9,11-13H2,1-3H3,(H,19,22). The Labute approximate surface area is 138 Å². The summed E-state index contributed by atoms with van der Waals surface area (Å²) in [5.74, 6) is 0.814. The van der Waals surface area contributed by atoms with Crippen molar-refractivity contribution in [3.05, 3.63) is 29.8 Å². The van der Waals surface area contributed by atoms with Gasteiger partial charge in [-0.1, -0.05) is 19.1 Å². The monoisotopic (exact) mass is 320 g/mol. The summed E-state index contributed by atoms with van der Waals surface area (Å²) in [7, 11) is 1.63. The van der Waals surface area contributed by atoms with Crippen molar-refractivity contribution >= 4 is 5.91 Å². The molecule has 2 atom stereocenters. The first-order valence-corrected chi connectivity index (χ1v) is 8.23. The van der Waals surface area contributed by atoms with Crippen LogP contribution in [0.15, 0.2) is 24.3 Å². The SMILES string of the molecule is COc1cccc(CNC(=O)C(C)N2CCCC(C)(CO)C2)c1. The third-order valence-corrected chi connectivity index (χ3v) is 4.72. The van der Waals surface area contributed by atoms with Crippen molar-refractivity contribution in [1.82, 2.24) is 10.2 Å². The number of methoxy groups -OCH3 is 1. The molecule has 23 heavy (non-hydrogen) atoms. The molecule has 5 heteroatoms. The van der Waals surface area contributed by atoms with Crippen LogP contribution in [0.25, 0.3) is 0 Å². The van der Waals surface area contributed by atoms with Crippen molar-refractivity contribution in [3.8, 4) is 5.75 Å². The van der Waals surface area contributed by atoms with Crippen molar-refractivity contribution in [2.45, 2.75) is 39.3 Å². The summed E-state index contributed by atoms with van der Waals surface area (Å²) >= 11 is 0. The van der Waals surface area contributed by atoms with E-state index < -0.39 is 0 Å². The van der Waals surface area contributed by atoms with Crippen molar-refractivity contribution < 1.29 is 14.6 Å². The highest BCUT2D eigenvalue weighted by Gasteiger charge is 2.34. The normalized spacial score (nSPS) is 23.3. The van der Waals surface area contributed by atoms with Crippen LogP contribution in [0, 0.1) is 5.41 Å². The van der Waals surface area contributed by atoms with Crippen molar-refractivity contribution in [2.75, 3.05) is 26.8 Å². The highest BCUT2D eigenvalue weighted by Crippen LogP contribution is 2.29. The molecule has 0 radical (unpaired) electrons. The van der Waals surface area contributed by atoms with Crippen LogP contribution < -0.4 is 10.1 Å². The van der Waals surface area contributed by atoms with Gasteiger partial charge < -0.3 is 15.2 Å². The average molecular weight is 320 g/mol. The van der Waals surface area contributed by atoms with E-state index in [1.165, 1.54) is 0 Å². The van der Waals surface area contributed by atoms with Crippen LogP contribution in [-0.4, -0.2) is 48.8 Å². The zero-order chi connectivity index (χ0) is 16.9. The Morgan fingerprint density at radius 1 is 1.52 bits per heavy atom. The molecule has 0 aromatic heterocycles. The first kappa shape index (κ1) is 17.8. The van der Waals surface area contributed by atoms with Gasteiger partial charge in [-0.3, -0.25) is 9.69 Å². The lowest BCUT2D eigenvalue weighted by Crippen LogP contribution is -2.52. The molecule has 1 amide bonds. The number of benzene rings is 1. The summed E-state index contributed by atoms with van der Waals surface area (Å²) in [5, 5.41) is 12.5. The van der Waals surface area contributed by atoms with E-state index in [2.05, 4.69) is 17.1 Å². The molecule has 0 saturated carbocycles. The third-order valence-electron chi connectivity index (χ3n) is 4.72. The highest BCUT2D eigenvalue weighted by atomic mass is 16.5. The topological polar surface area (TPSA) is 61.8 Å². The van der Waals surface area contributed by atoms with Crippen molar-refractivity contribution in [2.24, 2.45) is 5.41 Å². The Hall–Kier alpha value is -1.59. The number of hydrogen-bond donors (Lipinski definition) is 2. The highest BCUT2D eigenvalue weighted by molar-refractivity contribution is 5.81. The summed E-state index contributed by atoms with van der Waals surface area (Å²) < 4.78 is 5.19. The number of nitrogens with one attached hydrogen (secondary N) is 1. The fraction of sp³-hybridized carbons (Fsp3) is 0.611. The predicted molar refractivity (Wildman–Crippen MR) is 90.3 cm³/mol. The van der Waals surface area contributed by atoms with Gasteiger partial charge in [-0.05, 0) is 44.0 Å². The number of rotatable bonds is 6. The summed E-state index contributed by atoms with van der Waals surface area (Å²) in [6.45, 7) is 6.35. The molecule has 2 unspecified atom stereocenters. The molecule has 1 aromatic rings. The molecule has 2 rings (SSSR count). The second-order valence-corrected chi connectivity index (χ2v) is 6.79. The molecule has 1 aromatic carbocycles. The molecule has 128 valence electrons. The van der Waals surface area contributed by atoms with E-state index in [1.807, 2.05) is 31.2 Å². The Balaban J connectivity index is 1.89. The number of ether oxygens (including phenoxy) is 1. The van der Waals surface area contributed by atoms with Gasteiger partial charge in [-0.15, -0.1) is 0 Å². The smallest absolute Gasteiger partial charge is 0.237 e. The number of carbonyl (C=O) groups is 1. The minimum Gasteiger partial charge on any atom is -0.497 e. The lowest BCUT2D eigenvalue weighted by Gasteiger charge is -2.41. The van der Waals surface area contributed by atoms with Gasteiger partial charge in [-0.2, -0.15) is 0 Å². The lowest BCUT2D eigenvalue weighted by molar-refractivity contribution is -0.127. The van der Waals surface area contributed by atoms with E-state index >= 15 is 0 Å². The van der Waals surface area contributed by atoms with Crippen LogP contribution in [-0.2, 0) is 11.3 Å². The van der Waals surface area contributed by atoms with Crippen LogP contribution in [0.5, 0.6) is 5.75 Å². The molecule has 0 aliphatic carbocycles. The summed E-state index contributed by atoms with van der Waals surface area (Å²) in [6, 6.07) is 7.51. The van der Waals surface area contributed by atoms with Crippen molar-refractivity contribution in [3.63, 3.8) is 0 Å². The summed E-state index contributed by atoms with van der Waals surface area (Å²) in [5.41, 5.74) is 0.920. The van der Waals surface area contributed by atoms with Gasteiger partial charge in [0.1, 0.15) is 5.75 Å². The largest absolute Gasteiger partial charge is 0.497 e. The molecule has 1 heterocycles. The molecule has 5 nitrogen and oxygen atoms in total. The van der Waals surface area contributed by atoms with Gasteiger partial charge >= 0.3 is 0 Å². The summed E-state index contributed by atoms with van der Waals surface area (Å²) in [6.07, 6.45) is 2.03. The number of aliphatic hydroxyl groups excluding tert-OH is 1. The molecule has 1 aliphatic rings. The van der Waals surface area contributed by atoms with E-state index in [9.17, 15) is 9.90 Å². The molecule has 1 saturated heterocycles. The van der Waals surface area contributed by atoms with Gasteiger partial charge in [-0.25, -0.2) is 0 Å². The fourth-order valence-corrected chi connectivity index (χ4v) is 3.10. The van der Waals surface area contributed by atoms with E-state index in [0.717, 1.165) is 37.2 Å². The van der Waals surface area contributed by atoms with Crippen LogP contribution in [0.1, 0.15) is 32.3 Å². The number of likely N-dealkylation sites (tertiary alicyclic amines) is 1. The molecule has 1 fully saturated rings. The second-order valence-electron chi connectivity index (χ2n) is 6.79. The molecule has 0 bridgehead atoms. The molecule has 0 spiro atoms. The Morgan fingerprint density at radius 2 is 2.30 bits per heavy atom. The van der Waals surface area contributed by atoms with E-state index in [1.54, 1.807) is 7.11 Å². The Kier molecular flexibility index (Phi) is 6.02. The van der Waals surface area contributed by atoms with Crippen LogP contribution in [0.4, 0.5) is 0 Å². The predicted octanol–water partition coefficient (Wildman–Crippen LogP) is 1.79. The first-order valence-electron chi connectivity index (χ1n) is 8.23. The quantitative estimate of drug-likeness (QED) is 0.839. The van der Waals surface area contributed by atoms with Gasteiger partial charge in [0.2, 0.25) is 5.91 Å². The molecule has 1 aliphatic heterocycles. The summed E-state index contributed by atoms with van der Waals surface area (Å²) in [4.78, 5) is 14.6. The van der Waals surface area contributed by atoms with E-state index in [4.69, 9.17) is 4.74 Å². The maximum atomic E-state index is 12.4. The second kappa shape index (κ2) is 7.79. The van der Waals surface area contributed by atoms with Crippen LogP contribution in [0.3, 0.4) is 0 Å². The average Bonchev–Trinajstić information content (AvgIpc) is 2.59. The molecule has 2 N–H and O–H groups in total. The zero-order valence-corrected chi connectivity index (χ0v) is 14.3. The third kappa shape index (κ3) is 4.69. The molecular weight excluding hydrogens is 292 g/mol. The minimum atomic E-state index is -0.188. The Morgan fingerprint density at radius 3 is 3.00 bits per heavy atom. The molecular formula is C18H28N2O3. The van der Waals surface area contributed by atoms with Gasteiger partial charge in [0.15, 0.2) is 0 Å². The van der Waals surface area contributed by atoms with Crippen molar-refractivity contribution in [1.29, 1.82) is 0 Å². The number of aliphatic hydroxyl groups is 1. The first-order chi connectivity index (χ1) is 11.0. The van der Waals surface area contributed by atoms with Gasteiger partial charge in [0.05, 0.1) is 13.2 Å². The zero-order valence-electron chi connectivity index (χ0n) is 14.3. The number of piperidine rings is 1. The lowest BCUT2D eigenvalue weighted by atomic mass is 9.82. The number of hydrogen-bond acceptors (Lipinski definition) is 4. The van der Waals surface area contributed by atoms with Crippen LogP contribution in [0.2, 0.25) is 0 Å². The number of amides is 1. The Bertz CT molecular complexity index is 535. The van der Waals surface area contributed by atoms with Gasteiger partial charge in [0, 0.05) is 25.1 Å². The van der Waals surface area contributed by atoms with Crippen LogP contribution >= 0.6 is 0 Å². The van der Waals surface area contributed by atoms with Gasteiger partial charge in [0.25, 0.3) is 0 Å². The maximum Gasteiger partial charge on any atom is 0.237 e. The minimum absolute atomic E-state index is 0.0232. The fourth-order valence-electron chi connectivity index (χ4n) is 3.10. The van der Waals surface area contributed by atoms with E-state index in [-0.39, 0.29) is 24.0 Å².